The summed E-state index contributed by atoms with van der Waals surface area (Å²) in [6.45, 7) is 6.75. The zero-order valence-electron chi connectivity index (χ0n) is 10.9. The summed E-state index contributed by atoms with van der Waals surface area (Å²) in [5, 5.41) is 3.08. The monoisotopic (exact) mass is 236 g/mol. The normalized spacial score (nSPS) is 10.6. The minimum Gasteiger partial charge on any atom is -0.342 e. The average molecular weight is 236 g/mol. The summed E-state index contributed by atoms with van der Waals surface area (Å²) in [4.78, 5) is 21.7. The highest BCUT2D eigenvalue weighted by molar-refractivity contribution is 5.78. The first-order chi connectivity index (χ1) is 8.00. The molecule has 0 bridgehead atoms. The highest BCUT2D eigenvalue weighted by Gasteiger charge is 2.10. The van der Waals surface area contributed by atoms with Gasteiger partial charge in [0.25, 0.3) is 0 Å². The minimum absolute atomic E-state index is 0.0887. The molecule has 1 N–H and O–H groups in total. The van der Waals surface area contributed by atoms with Gasteiger partial charge in [-0.15, -0.1) is 0 Å². The number of hydrogen-bond acceptors (Lipinski definition) is 4. The van der Waals surface area contributed by atoms with Gasteiger partial charge in [0.2, 0.25) is 5.91 Å². The lowest BCUT2D eigenvalue weighted by molar-refractivity contribution is -0.130. The van der Waals surface area contributed by atoms with Gasteiger partial charge in [0.05, 0.1) is 12.2 Å². The molecule has 1 aromatic rings. The Morgan fingerprint density at radius 1 is 1.53 bits per heavy atom. The molecule has 1 rings (SSSR count). The quantitative estimate of drug-likeness (QED) is 0.819. The Morgan fingerprint density at radius 3 is 2.82 bits per heavy atom. The minimum atomic E-state index is 0.0887. The van der Waals surface area contributed by atoms with Crippen molar-refractivity contribution in [2.24, 2.45) is 0 Å². The Hall–Kier alpha value is -1.49. The van der Waals surface area contributed by atoms with Gasteiger partial charge >= 0.3 is 0 Å². The van der Waals surface area contributed by atoms with E-state index in [4.69, 9.17) is 0 Å². The predicted molar refractivity (Wildman–Crippen MR) is 66.4 cm³/mol. The molecular weight excluding hydrogens is 216 g/mol. The molecule has 0 saturated heterocycles. The summed E-state index contributed by atoms with van der Waals surface area (Å²) in [5.74, 6) is 0.834. The lowest BCUT2D eigenvalue weighted by atomic mass is 10.3. The van der Waals surface area contributed by atoms with E-state index in [1.54, 1.807) is 11.1 Å². The lowest BCUT2D eigenvalue weighted by Gasteiger charge is -2.21. The van der Waals surface area contributed by atoms with Gasteiger partial charge in [0.15, 0.2) is 0 Å². The zero-order chi connectivity index (χ0) is 12.8. The standard InChI is InChI=1S/C12H20N4O/c1-9(2)16(4)12(17)8-13-7-11-5-6-14-10(3)15-11/h5-6,9,13H,7-8H2,1-4H3. The molecule has 17 heavy (non-hydrogen) atoms. The number of carbonyl (C=O) groups excluding carboxylic acids is 1. The third-order valence-electron chi connectivity index (χ3n) is 2.58. The second-order valence-corrected chi connectivity index (χ2v) is 4.30. The maximum absolute atomic E-state index is 11.7. The number of nitrogens with one attached hydrogen (secondary N) is 1. The van der Waals surface area contributed by atoms with Crippen molar-refractivity contribution < 1.29 is 4.79 Å². The number of hydrogen-bond donors (Lipinski definition) is 1. The van der Waals surface area contributed by atoms with Gasteiger partial charge in [-0.3, -0.25) is 4.79 Å². The Labute approximate surface area is 102 Å². The Kier molecular flexibility index (Phi) is 5.03. The topological polar surface area (TPSA) is 58.1 Å². The van der Waals surface area contributed by atoms with E-state index in [9.17, 15) is 4.79 Å². The van der Waals surface area contributed by atoms with Gasteiger partial charge in [-0.2, -0.15) is 0 Å². The van der Waals surface area contributed by atoms with Crippen LogP contribution in [0.3, 0.4) is 0 Å². The van der Waals surface area contributed by atoms with Crippen molar-refractivity contribution in [1.29, 1.82) is 0 Å². The van der Waals surface area contributed by atoms with Crippen LogP contribution < -0.4 is 5.32 Å². The molecule has 0 aliphatic heterocycles. The highest BCUT2D eigenvalue weighted by Crippen LogP contribution is 1.95. The number of likely N-dealkylation sites (N-methyl/N-ethyl adjacent to an activating group) is 1. The van der Waals surface area contributed by atoms with Crippen LogP contribution in [0.25, 0.3) is 0 Å². The Balaban J connectivity index is 2.35. The van der Waals surface area contributed by atoms with E-state index in [1.165, 1.54) is 0 Å². The maximum atomic E-state index is 11.7. The van der Waals surface area contributed by atoms with Crippen LogP contribution in [-0.2, 0) is 11.3 Å². The average Bonchev–Trinajstić information content (AvgIpc) is 2.27. The molecule has 1 aromatic heterocycles. The molecule has 94 valence electrons. The molecule has 1 amide bonds. The van der Waals surface area contributed by atoms with Gasteiger partial charge in [-0.05, 0) is 26.8 Å². The van der Waals surface area contributed by atoms with Gasteiger partial charge in [0, 0.05) is 25.8 Å². The fourth-order valence-electron chi connectivity index (χ4n) is 1.31. The van der Waals surface area contributed by atoms with Crippen molar-refractivity contribution >= 4 is 5.91 Å². The molecule has 0 atom stereocenters. The molecule has 5 nitrogen and oxygen atoms in total. The van der Waals surface area contributed by atoms with Crippen LogP contribution in [0.2, 0.25) is 0 Å². The van der Waals surface area contributed by atoms with Crippen LogP contribution in [0.5, 0.6) is 0 Å². The van der Waals surface area contributed by atoms with Crippen LogP contribution in [-0.4, -0.2) is 40.4 Å². The molecule has 5 heteroatoms. The number of nitrogens with zero attached hydrogens (tertiary/aromatic N) is 3. The van der Waals surface area contributed by atoms with E-state index in [2.05, 4.69) is 15.3 Å². The van der Waals surface area contributed by atoms with Crippen molar-refractivity contribution in [3.8, 4) is 0 Å². The van der Waals surface area contributed by atoms with Crippen molar-refractivity contribution in [3.05, 3.63) is 23.8 Å². The van der Waals surface area contributed by atoms with Crippen molar-refractivity contribution in [2.75, 3.05) is 13.6 Å². The summed E-state index contributed by atoms with van der Waals surface area (Å²) in [6, 6.07) is 2.07. The molecular formula is C12H20N4O. The van der Waals surface area contributed by atoms with Crippen LogP contribution in [0.15, 0.2) is 12.3 Å². The van der Waals surface area contributed by atoms with Crippen molar-refractivity contribution in [3.63, 3.8) is 0 Å². The van der Waals surface area contributed by atoms with E-state index < -0.39 is 0 Å². The first kappa shape index (κ1) is 13.6. The summed E-state index contributed by atoms with van der Waals surface area (Å²) < 4.78 is 0. The lowest BCUT2D eigenvalue weighted by Crippen LogP contribution is -2.39. The first-order valence-corrected chi connectivity index (χ1v) is 5.75. The van der Waals surface area contributed by atoms with Crippen LogP contribution in [0.4, 0.5) is 0 Å². The molecule has 0 aliphatic carbocycles. The summed E-state index contributed by atoms with van der Waals surface area (Å²) >= 11 is 0. The number of amides is 1. The Bertz CT molecular complexity index is 379. The molecule has 0 aliphatic rings. The Morgan fingerprint density at radius 2 is 2.24 bits per heavy atom. The molecule has 1 heterocycles. The molecule has 0 spiro atoms. The number of rotatable bonds is 5. The van der Waals surface area contributed by atoms with E-state index in [0.29, 0.717) is 13.1 Å². The van der Waals surface area contributed by atoms with Gasteiger partial charge in [-0.1, -0.05) is 0 Å². The van der Waals surface area contributed by atoms with E-state index in [-0.39, 0.29) is 11.9 Å². The second-order valence-electron chi connectivity index (χ2n) is 4.30. The van der Waals surface area contributed by atoms with Crippen LogP contribution in [0.1, 0.15) is 25.4 Å². The number of carbonyl (C=O) groups is 1. The molecule has 0 fully saturated rings. The molecule has 0 saturated carbocycles. The third kappa shape index (κ3) is 4.48. The van der Waals surface area contributed by atoms with Gasteiger partial charge < -0.3 is 10.2 Å². The van der Waals surface area contributed by atoms with E-state index in [0.717, 1.165) is 11.5 Å². The third-order valence-corrected chi connectivity index (χ3v) is 2.58. The maximum Gasteiger partial charge on any atom is 0.236 e. The molecule has 0 unspecified atom stereocenters. The zero-order valence-corrected chi connectivity index (χ0v) is 10.9. The number of aryl methyl sites for hydroxylation is 1. The van der Waals surface area contributed by atoms with Crippen LogP contribution in [0, 0.1) is 6.92 Å². The second kappa shape index (κ2) is 6.30. The summed E-state index contributed by atoms with van der Waals surface area (Å²) in [5.41, 5.74) is 0.900. The molecule has 0 radical (unpaired) electrons. The smallest absolute Gasteiger partial charge is 0.236 e. The molecule has 0 aromatic carbocycles. The van der Waals surface area contributed by atoms with E-state index in [1.807, 2.05) is 33.9 Å². The summed E-state index contributed by atoms with van der Waals surface area (Å²) in [7, 11) is 1.81. The SMILES string of the molecule is Cc1nccc(CNCC(=O)N(C)C(C)C)n1. The first-order valence-electron chi connectivity index (χ1n) is 5.75. The number of aromatic nitrogens is 2. The van der Waals surface area contributed by atoms with Crippen molar-refractivity contribution in [2.45, 2.75) is 33.4 Å². The highest BCUT2D eigenvalue weighted by atomic mass is 16.2. The largest absolute Gasteiger partial charge is 0.342 e. The predicted octanol–water partition coefficient (Wildman–Crippen LogP) is 0.741. The summed E-state index contributed by atoms with van der Waals surface area (Å²) in [6.07, 6.45) is 1.72. The van der Waals surface area contributed by atoms with Crippen molar-refractivity contribution in [1.82, 2.24) is 20.2 Å². The van der Waals surface area contributed by atoms with E-state index >= 15 is 0 Å². The fraction of sp³-hybridized carbons (Fsp3) is 0.583. The fourth-order valence-corrected chi connectivity index (χ4v) is 1.31. The van der Waals surface area contributed by atoms with Crippen LogP contribution >= 0.6 is 0 Å². The van der Waals surface area contributed by atoms with Gasteiger partial charge in [-0.25, -0.2) is 9.97 Å². The van der Waals surface area contributed by atoms with Gasteiger partial charge in [0.1, 0.15) is 5.82 Å².